The number of benzene rings is 1. The Kier molecular flexibility index (Phi) is 11.7. The second-order valence-electron chi connectivity index (χ2n) is 13.7. The average Bonchev–Trinajstić information content (AvgIpc) is 3.77. The van der Waals surface area contributed by atoms with Crippen LogP contribution in [0.3, 0.4) is 0 Å². The number of carbonyl (C=O) groups excluding carboxylic acids is 2. The first-order valence-electron chi connectivity index (χ1n) is 16.5. The Balaban J connectivity index is 1.64. The van der Waals surface area contributed by atoms with Gasteiger partial charge in [-0.2, -0.15) is 0 Å². The van der Waals surface area contributed by atoms with Gasteiger partial charge in [-0.25, -0.2) is 4.79 Å². The van der Waals surface area contributed by atoms with Crippen molar-refractivity contribution in [1.29, 1.82) is 0 Å². The van der Waals surface area contributed by atoms with Crippen molar-refractivity contribution in [3.05, 3.63) is 52.1 Å². The van der Waals surface area contributed by atoms with E-state index < -0.39 is 97.5 Å². The fraction of sp³-hybridized carbons (Fsp3) is 0.647. The van der Waals surface area contributed by atoms with Crippen LogP contribution in [0.2, 0.25) is 5.02 Å². The molecule has 12 atom stereocenters. The highest BCUT2D eigenvalue weighted by atomic mass is 35.5. The van der Waals surface area contributed by atoms with Crippen LogP contribution in [0.4, 0.5) is 10.5 Å². The summed E-state index contributed by atoms with van der Waals surface area (Å²) >= 11 is 6.81. The van der Waals surface area contributed by atoms with Crippen LogP contribution in [-0.2, 0) is 41.5 Å². The van der Waals surface area contributed by atoms with E-state index in [1.807, 2.05) is 6.92 Å². The van der Waals surface area contributed by atoms with Gasteiger partial charge in [-0.1, -0.05) is 48.4 Å². The number of halogens is 1. The first kappa shape index (κ1) is 38.6. The lowest BCUT2D eigenvalue weighted by Gasteiger charge is -2.45. The Morgan fingerprint density at radius 2 is 1.82 bits per heavy atom. The highest BCUT2D eigenvalue weighted by molar-refractivity contribution is 6.34. The number of nitrogens with one attached hydrogen (secondary N) is 1. The number of aliphatic hydroxyl groups excluding tert-OH is 5. The van der Waals surface area contributed by atoms with Crippen molar-refractivity contribution in [2.75, 3.05) is 25.7 Å². The number of fused-ring (bicyclic) bond motifs is 5. The van der Waals surface area contributed by atoms with Crippen LogP contribution >= 0.6 is 11.6 Å². The standard InChI is InChI=1S/C34H47ClN2O13/c1-16-7-6-8-23(46-4)34(45)13-21(49-32(44)36-34)17(2)30-33(3,50-30)24(47-5)12-25(40)37(20-11-18(9-16)10-19(14-38)26(20)35)31-29(43)28(42)27(41)22(15-39)48-31/h6-8,10-11,17,21-24,27-31,38-39,41-43,45H,9,12-15H2,1-5H3,(H,36,44)/b8-6+,16-7+/t17-,21+,22-,23?,24+,27?,28?,29?,30+,31+,33+,34+/m1/s1. The third-order valence-electron chi connectivity index (χ3n) is 10.2. The molecule has 16 heteroatoms. The van der Waals surface area contributed by atoms with Crippen LogP contribution < -0.4 is 10.2 Å². The molecule has 15 nitrogen and oxygen atoms in total. The molecule has 1 aromatic carbocycles. The van der Waals surface area contributed by atoms with Gasteiger partial charge in [-0.15, -0.1) is 0 Å². The van der Waals surface area contributed by atoms with E-state index in [0.29, 0.717) is 12.0 Å². The smallest absolute Gasteiger partial charge is 0.409 e. The minimum absolute atomic E-state index is 0.0268. The van der Waals surface area contributed by atoms with Crippen molar-refractivity contribution in [3.8, 4) is 0 Å². The van der Waals surface area contributed by atoms with Crippen molar-refractivity contribution >= 4 is 29.3 Å². The van der Waals surface area contributed by atoms with Gasteiger partial charge in [0.05, 0.1) is 42.6 Å². The fourth-order valence-electron chi connectivity index (χ4n) is 7.29. The zero-order valence-corrected chi connectivity index (χ0v) is 29.3. The second kappa shape index (κ2) is 15.1. The lowest BCUT2D eigenvalue weighted by Crippen LogP contribution is -2.64. The molecule has 0 spiro atoms. The summed E-state index contributed by atoms with van der Waals surface area (Å²) in [7, 11) is 2.80. The van der Waals surface area contributed by atoms with Gasteiger partial charge in [0, 0.05) is 26.6 Å². The minimum Gasteiger partial charge on any atom is -0.446 e. The number of hydrogen-bond acceptors (Lipinski definition) is 13. The maximum absolute atomic E-state index is 14.5. The van der Waals surface area contributed by atoms with E-state index in [9.17, 15) is 40.2 Å². The number of ether oxygens (including phenoxy) is 5. The van der Waals surface area contributed by atoms with Crippen LogP contribution in [-0.4, -0.2) is 130 Å². The molecule has 4 aliphatic heterocycles. The number of carbonyl (C=O) groups is 2. The van der Waals surface area contributed by atoms with Crippen molar-refractivity contribution in [2.24, 2.45) is 5.92 Å². The summed E-state index contributed by atoms with van der Waals surface area (Å²) in [6.45, 7) is 4.12. The van der Waals surface area contributed by atoms with E-state index in [1.54, 1.807) is 44.2 Å². The third-order valence-corrected chi connectivity index (χ3v) is 10.6. The monoisotopic (exact) mass is 726 g/mol. The number of methoxy groups -OCH3 is 2. The number of aliphatic hydroxyl groups is 6. The van der Waals surface area contributed by atoms with Crippen LogP contribution in [0, 0.1) is 5.92 Å². The van der Waals surface area contributed by atoms with E-state index in [0.717, 1.165) is 10.5 Å². The van der Waals surface area contributed by atoms with Crippen LogP contribution in [0.15, 0.2) is 35.9 Å². The quantitative estimate of drug-likeness (QED) is 0.205. The van der Waals surface area contributed by atoms with Gasteiger partial charge < -0.3 is 54.3 Å². The number of allylic oxidation sites excluding steroid dienone is 3. The Labute approximate surface area is 295 Å². The number of nitrogens with zero attached hydrogens (tertiary/aromatic N) is 1. The first-order valence-corrected chi connectivity index (χ1v) is 16.8. The summed E-state index contributed by atoms with van der Waals surface area (Å²) in [5, 5.41) is 66.7. The van der Waals surface area contributed by atoms with Crippen LogP contribution in [0.5, 0.6) is 0 Å². The summed E-state index contributed by atoms with van der Waals surface area (Å²) in [4.78, 5) is 28.3. The summed E-state index contributed by atoms with van der Waals surface area (Å²) < 4.78 is 29.0. The molecule has 0 saturated carbocycles. The summed E-state index contributed by atoms with van der Waals surface area (Å²) in [5.74, 6) is -1.18. The minimum atomic E-state index is -1.84. The average molecular weight is 727 g/mol. The van der Waals surface area contributed by atoms with Crippen molar-refractivity contribution < 1.29 is 63.9 Å². The number of alkyl carbamates (subject to hydrolysis) is 1. The molecule has 50 heavy (non-hydrogen) atoms. The summed E-state index contributed by atoms with van der Waals surface area (Å²) in [5.41, 5.74) is -1.21. The Hall–Kier alpha value is -2.67. The molecule has 3 saturated heterocycles. The van der Waals surface area contributed by atoms with Gasteiger partial charge in [-0.3, -0.25) is 15.0 Å². The molecule has 0 aliphatic carbocycles. The van der Waals surface area contributed by atoms with Crippen LogP contribution in [0.1, 0.15) is 44.7 Å². The molecule has 5 rings (SSSR count). The fourth-order valence-corrected chi connectivity index (χ4v) is 7.55. The first-order chi connectivity index (χ1) is 23.6. The van der Waals surface area contributed by atoms with Gasteiger partial charge in [-0.05, 0) is 37.5 Å². The van der Waals surface area contributed by atoms with Crippen molar-refractivity contribution in [2.45, 2.75) is 113 Å². The largest absolute Gasteiger partial charge is 0.446 e. The molecular formula is C34H47ClN2O13. The molecule has 1 aromatic rings. The van der Waals surface area contributed by atoms with E-state index in [1.165, 1.54) is 14.2 Å². The maximum Gasteiger partial charge on any atom is 0.409 e. The molecular weight excluding hydrogens is 680 g/mol. The van der Waals surface area contributed by atoms with Crippen molar-refractivity contribution in [1.82, 2.24) is 5.32 Å². The zero-order valence-electron chi connectivity index (χ0n) is 28.6. The van der Waals surface area contributed by atoms with E-state index in [-0.39, 0.29) is 29.1 Å². The molecule has 278 valence electrons. The van der Waals surface area contributed by atoms with E-state index >= 15 is 0 Å². The van der Waals surface area contributed by atoms with Gasteiger partial charge >= 0.3 is 6.09 Å². The van der Waals surface area contributed by atoms with Gasteiger partial charge in [0.1, 0.15) is 42.2 Å². The molecule has 0 radical (unpaired) electrons. The Morgan fingerprint density at radius 3 is 2.46 bits per heavy atom. The SMILES string of the molecule is COC1/C=C/C=C(\C)Cc2cc(CO)c(Cl)c(c2)N([C@H]2O[C@H](CO)C(O)C(O)C2O)C(=O)C[C@H](OC)[C@]2(C)O[C@H]2[C@H](C)[C@@H]2C[C@@]1(O)NC(=O)O2. The predicted molar refractivity (Wildman–Crippen MR) is 177 cm³/mol. The summed E-state index contributed by atoms with van der Waals surface area (Å²) in [6.07, 6.45) is -7.51. The Bertz CT molecular complexity index is 1490. The molecule has 4 aliphatic rings. The van der Waals surface area contributed by atoms with Gasteiger partial charge in [0.15, 0.2) is 12.0 Å². The second-order valence-corrected chi connectivity index (χ2v) is 14.0. The van der Waals surface area contributed by atoms with Gasteiger partial charge in [0.2, 0.25) is 5.91 Å². The number of amides is 2. The topological polar surface area (TPSA) is 220 Å². The Morgan fingerprint density at radius 1 is 1.10 bits per heavy atom. The number of anilines is 1. The third kappa shape index (κ3) is 7.32. The van der Waals surface area contributed by atoms with E-state index in [4.69, 9.17) is 35.3 Å². The predicted octanol–water partition coefficient (Wildman–Crippen LogP) is 0.425. The number of rotatable bonds is 5. The molecule has 7 N–H and O–H groups in total. The highest BCUT2D eigenvalue weighted by Crippen LogP contribution is 2.49. The molecule has 4 heterocycles. The molecule has 4 unspecified atom stereocenters. The molecule has 4 bridgehead atoms. The molecule has 2 amide bonds. The number of hydrogen-bond donors (Lipinski definition) is 7. The maximum atomic E-state index is 14.5. The van der Waals surface area contributed by atoms with Gasteiger partial charge in [0.25, 0.3) is 0 Å². The van der Waals surface area contributed by atoms with Crippen LogP contribution in [0.25, 0.3) is 0 Å². The normalized spacial score (nSPS) is 41.4. The highest BCUT2D eigenvalue weighted by Gasteiger charge is 2.63. The molecule has 3 fully saturated rings. The number of epoxide rings is 1. The van der Waals surface area contributed by atoms with E-state index in [2.05, 4.69) is 5.32 Å². The molecule has 0 aromatic heterocycles. The van der Waals surface area contributed by atoms with Crippen molar-refractivity contribution in [3.63, 3.8) is 0 Å². The lowest BCUT2D eigenvalue weighted by atomic mass is 9.83. The zero-order chi connectivity index (χ0) is 36.7. The summed E-state index contributed by atoms with van der Waals surface area (Å²) in [6, 6.07) is 3.25. The lowest BCUT2D eigenvalue weighted by molar-refractivity contribution is -0.228.